The minimum absolute atomic E-state index is 0.0823. The number of ether oxygens (including phenoxy) is 1. The number of fused-ring (bicyclic) bond motifs is 3. The summed E-state index contributed by atoms with van der Waals surface area (Å²) in [6.45, 7) is 7.33. The number of halogens is 1. The minimum Gasteiger partial charge on any atom is -0.358 e. The molecule has 0 radical (unpaired) electrons. The molecule has 92 valence electrons. The molecule has 2 aliphatic carbocycles. The van der Waals surface area contributed by atoms with Gasteiger partial charge < -0.3 is 4.74 Å². The second-order valence-electron chi connectivity index (χ2n) is 6.45. The van der Waals surface area contributed by atoms with Gasteiger partial charge in [-0.05, 0) is 30.6 Å². The molecule has 1 aliphatic heterocycles. The van der Waals surface area contributed by atoms with Gasteiger partial charge in [-0.2, -0.15) is 0 Å². The molecule has 3 aliphatic rings. The molecule has 0 aromatic rings. The summed E-state index contributed by atoms with van der Waals surface area (Å²) in [5.74, 6) is 2.58. The molecule has 3 rings (SSSR count). The van der Waals surface area contributed by atoms with Crippen molar-refractivity contribution in [2.45, 2.75) is 51.1 Å². The Morgan fingerprint density at radius 2 is 2.12 bits per heavy atom. The largest absolute Gasteiger partial charge is 0.358 e. The van der Waals surface area contributed by atoms with Crippen LogP contribution in [0, 0.1) is 16.7 Å². The Kier molecular flexibility index (Phi) is 2.43. The van der Waals surface area contributed by atoms with Crippen LogP contribution >= 0.6 is 23.4 Å². The zero-order valence-electron chi connectivity index (χ0n) is 10.4. The molecule has 1 nitrogen and oxygen atoms in total. The molecular formula is C13H21ClOS. The average Bonchev–Trinajstić information content (AvgIpc) is 2.79. The van der Waals surface area contributed by atoms with Crippen LogP contribution in [-0.2, 0) is 4.74 Å². The van der Waals surface area contributed by atoms with E-state index in [-0.39, 0.29) is 11.0 Å². The smallest absolute Gasteiger partial charge is 0.120 e. The summed E-state index contributed by atoms with van der Waals surface area (Å²) in [4.78, 5) is 0.0823. The van der Waals surface area contributed by atoms with Gasteiger partial charge in [-0.25, -0.2) is 0 Å². The van der Waals surface area contributed by atoms with Crippen molar-refractivity contribution in [3.8, 4) is 0 Å². The van der Waals surface area contributed by atoms with Crippen LogP contribution < -0.4 is 0 Å². The van der Waals surface area contributed by atoms with E-state index in [1.165, 1.54) is 19.3 Å². The van der Waals surface area contributed by atoms with E-state index in [2.05, 4.69) is 20.8 Å². The molecular weight excluding hydrogens is 240 g/mol. The molecule has 2 bridgehead atoms. The van der Waals surface area contributed by atoms with E-state index in [1.54, 1.807) is 0 Å². The average molecular weight is 261 g/mol. The van der Waals surface area contributed by atoms with Crippen LogP contribution in [0.4, 0.5) is 0 Å². The Balaban J connectivity index is 1.95. The molecule has 0 unspecified atom stereocenters. The second-order valence-corrected chi connectivity index (χ2v) is 8.04. The predicted molar refractivity (Wildman–Crippen MR) is 70.0 cm³/mol. The number of hydrogen-bond acceptors (Lipinski definition) is 2. The molecule has 0 aromatic carbocycles. The highest BCUT2D eigenvalue weighted by atomic mass is 35.5. The zero-order valence-corrected chi connectivity index (χ0v) is 12.0. The van der Waals surface area contributed by atoms with Crippen LogP contribution in [-0.4, -0.2) is 22.7 Å². The fraction of sp³-hybridized carbons (Fsp3) is 1.00. The number of alkyl halides is 1. The first kappa shape index (κ1) is 11.7. The van der Waals surface area contributed by atoms with Gasteiger partial charge in [0.25, 0.3) is 0 Å². The van der Waals surface area contributed by atoms with Gasteiger partial charge in [0.05, 0.1) is 6.10 Å². The lowest BCUT2D eigenvalue weighted by atomic mass is 9.69. The lowest BCUT2D eigenvalue weighted by molar-refractivity contribution is -0.0842. The first-order valence-corrected chi connectivity index (χ1v) is 7.85. The van der Waals surface area contributed by atoms with Crippen LogP contribution in [0.3, 0.4) is 0 Å². The maximum atomic E-state index is 6.36. The van der Waals surface area contributed by atoms with E-state index in [0.29, 0.717) is 16.7 Å². The molecule has 3 fully saturated rings. The quantitative estimate of drug-likeness (QED) is 0.662. The molecule has 1 saturated heterocycles. The number of hydrogen-bond donors (Lipinski definition) is 0. The van der Waals surface area contributed by atoms with Gasteiger partial charge in [0, 0.05) is 17.0 Å². The monoisotopic (exact) mass is 260 g/mol. The molecule has 0 N–H and O–H groups in total. The zero-order chi connectivity index (χ0) is 11.6. The summed E-state index contributed by atoms with van der Waals surface area (Å²) in [5, 5.41) is 0. The van der Waals surface area contributed by atoms with Gasteiger partial charge in [0.2, 0.25) is 0 Å². The maximum Gasteiger partial charge on any atom is 0.120 e. The molecule has 1 spiro atoms. The summed E-state index contributed by atoms with van der Waals surface area (Å²) < 4.78 is 6.36. The summed E-state index contributed by atoms with van der Waals surface area (Å²) in [6.07, 6.45) is 4.24. The molecule has 16 heavy (non-hydrogen) atoms. The summed E-state index contributed by atoms with van der Waals surface area (Å²) >= 11 is 7.99. The van der Waals surface area contributed by atoms with E-state index in [0.717, 1.165) is 11.7 Å². The van der Waals surface area contributed by atoms with Gasteiger partial charge in [-0.15, -0.1) is 23.4 Å². The molecule has 3 heteroatoms. The van der Waals surface area contributed by atoms with Crippen molar-refractivity contribution in [2.24, 2.45) is 16.7 Å². The Labute approximate surface area is 108 Å². The third-order valence-corrected chi connectivity index (χ3v) is 7.89. The topological polar surface area (TPSA) is 9.23 Å². The van der Waals surface area contributed by atoms with E-state index < -0.39 is 0 Å². The summed E-state index contributed by atoms with van der Waals surface area (Å²) in [5.41, 5.74) is 0.775. The van der Waals surface area contributed by atoms with E-state index in [1.807, 2.05) is 11.8 Å². The fourth-order valence-corrected chi connectivity index (χ4v) is 6.37. The van der Waals surface area contributed by atoms with Gasteiger partial charge in [0.1, 0.15) is 4.93 Å². The molecule has 4 atom stereocenters. The van der Waals surface area contributed by atoms with Crippen LogP contribution in [0.1, 0.15) is 40.0 Å². The normalized spacial score (nSPS) is 54.0. The Hall–Kier alpha value is 0.600. The number of rotatable bonds is 1. The first-order chi connectivity index (χ1) is 7.45. The van der Waals surface area contributed by atoms with Crippen molar-refractivity contribution in [3.05, 3.63) is 0 Å². The van der Waals surface area contributed by atoms with Crippen LogP contribution in [0.2, 0.25) is 0 Å². The van der Waals surface area contributed by atoms with Crippen molar-refractivity contribution in [3.63, 3.8) is 0 Å². The van der Waals surface area contributed by atoms with E-state index >= 15 is 0 Å². The van der Waals surface area contributed by atoms with E-state index in [4.69, 9.17) is 16.3 Å². The lowest BCUT2D eigenvalue weighted by Crippen LogP contribution is -2.45. The minimum atomic E-state index is 0.0823. The standard InChI is InChI=1S/C13H21ClOS/c1-11(2)9-4-5-12(11,3)13(6-9)15-10(7-14)8-16-13/h9-10H,4-8H2,1-3H3/t9-,10-,12-,13+/m1/s1. The van der Waals surface area contributed by atoms with Gasteiger partial charge in [-0.1, -0.05) is 20.8 Å². The fourth-order valence-electron chi connectivity index (χ4n) is 4.22. The lowest BCUT2D eigenvalue weighted by Gasteiger charge is -2.45. The summed E-state index contributed by atoms with van der Waals surface area (Å²) in [6, 6.07) is 0. The Morgan fingerprint density at radius 3 is 2.56 bits per heavy atom. The highest BCUT2D eigenvalue weighted by molar-refractivity contribution is 8.00. The van der Waals surface area contributed by atoms with Crippen LogP contribution in [0.15, 0.2) is 0 Å². The second kappa shape index (κ2) is 3.33. The van der Waals surface area contributed by atoms with Crippen molar-refractivity contribution < 1.29 is 4.74 Å². The summed E-state index contributed by atoms with van der Waals surface area (Å²) in [7, 11) is 0. The molecule has 0 amide bonds. The van der Waals surface area contributed by atoms with E-state index in [9.17, 15) is 0 Å². The van der Waals surface area contributed by atoms with Gasteiger partial charge >= 0.3 is 0 Å². The van der Waals surface area contributed by atoms with Gasteiger partial charge in [0.15, 0.2) is 0 Å². The van der Waals surface area contributed by atoms with Crippen molar-refractivity contribution in [2.75, 3.05) is 11.6 Å². The molecule has 0 aromatic heterocycles. The molecule has 2 saturated carbocycles. The highest BCUT2D eigenvalue weighted by Gasteiger charge is 2.71. The van der Waals surface area contributed by atoms with Crippen molar-refractivity contribution in [1.29, 1.82) is 0 Å². The number of thioether (sulfide) groups is 1. The Morgan fingerprint density at radius 1 is 1.38 bits per heavy atom. The Bertz CT molecular complexity index is 319. The van der Waals surface area contributed by atoms with Gasteiger partial charge in [-0.3, -0.25) is 0 Å². The molecule has 1 heterocycles. The van der Waals surface area contributed by atoms with Crippen LogP contribution in [0.25, 0.3) is 0 Å². The highest BCUT2D eigenvalue weighted by Crippen LogP contribution is 2.74. The van der Waals surface area contributed by atoms with Crippen LogP contribution in [0.5, 0.6) is 0 Å². The third-order valence-electron chi connectivity index (χ3n) is 5.82. The predicted octanol–water partition coefficient (Wildman–Crippen LogP) is 3.90. The SMILES string of the molecule is CC1(C)[C@@H]2CC[C@@]1(C)[C@@]1(C2)O[C@H](CCl)CS1. The maximum absolute atomic E-state index is 6.36. The third kappa shape index (κ3) is 1.14. The van der Waals surface area contributed by atoms with Crippen molar-refractivity contribution in [1.82, 2.24) is 0 Å². The first-order valence-electron chi connectivity index (χ1n) is 6.33. The van der Waals surface area contributed by atoms with Crippen molar-refractivity contribution >= 4 is 23.4 Å².